The van der Waals surface area contributed by atoms with Gasteiger partial charge in [-0.25, -0.2) is 0 Å². The standard InChI is InChI=1S/C29H27N3O3/c1-17-15-19(3)30-26(17)25(27-18(2)16-20(4)31-27)21-9-11-22(12-10-21)35-14-13-32-28(33)23-7-5-6-8-24(23)29(32)34/h5-12,15-16,30H,13-14H2,1-4H3/b27-25-. The van der Waals surface area contributed by atoms with E-state index in [0.29, 0.717) is 16.9 Å². The van der Waals surface area contributed by atoms with E-state index in [1.807, 2.05) is 31.2 Å². The number of aromatic nitrogens is 1. The highest BCUT2D eigenvalue weighted by Gasteiger charge is 2.34. The van der Waals surface area contributed by atoms with Gasteiger partial charge in [0.05, 0.1) is 29.1 Å². The highest BCUT2D eigenvalue weighted by atomic mass is 16.5. The van der Waals surface area contributed by atoms with E-state index in [9.17, 15) is 9.59 Å². The lowest BCUT2D eigenvalue weighted by atomic mass is 9.96. The number of nitrogens with one attached hydrogen (secondary N) is 1. The first-order valence-electron chi connectivity index (χ1n) is 11.7. The van der Waals surface area contributed by atoms with Gasteiger partial charge in [-0.1, -0.05) is 24.3 Å². The molecule has 0 atom stereocenters. The fraction of sp³-hybridized carbons (Fsp3) is 0.207. The van der Waals surface area contributed by atoms with Crippen molar-refractivity contribution in [1.82, 2.24) is 9.88 Å². The molecule has 0 aliphatic carbocycles. The second kappa shape index (κ2) is 8.87. The molecule has 0 saturated carbocycles. The van der Waals surface area contributed by atoms with Crippen molar-refractivity contribution in [2.24, 2.45) is 4.99 Å². The van der Waals surface area contributed by atoms with Gasteiger partial charge in [-0.2, -0.15) is 0 Å². The Hall–Kier alpha value is -4.19. The van der Waals surface area contributed by atoms with Gasteiger partial charge in [-0.05, 0) is 80.8 Å². The summed E-state index contributed by atoms with van der Waals surface area (Å²) in [5.74, 6) is 0.133. The number of amides is 2. The topological polar surface area (TPSA) is 74.8 Å². The highest BCUT2D eigenvalue weighted by Crippen LogP contribution is 2.35. The zero-order valence-electron chi connectivity index (χ0n) is 20.3. The predicted molar refractivity (Wildman–Crippen MR) is 137 cm³/mol. The molecule has 35 heavy (non-hydrogen) atoms. The minimum atomic E-state index is -0.270. The van der Waals surface area contributed by atoms with Crippen LogP contribution >= 0.6 is 0 Å². The second-order valence-corrected chi connectivity index (χ2v) is 8.99. The molecule has 2 amide bonds. The van der Waals surface area contributed by atoms with Crippen LogP contribution in [0.2, 0.25) is 0 Å². The van der Waals surface area contributed by atoms with Gasteiger partial charge in [-0.15, -0.1) is 0 Å². The van der Waals surface area contributed by atoms with Crippen LogP contribution in [0.25, 0.3) is 5.57 Å². The molecule has 6 nitrogen and oxygen atoms in total. The summed E-state index contributed by atoms with van der Waals surface area (Å²) in [7, 11) is 0. The van der Waals surface area contributed by atoms with Crippen LogP contribution in [-0.4, -0.2) is 40.6 Å². The monoisotopic (exact) mass is 465 g/mol. The number of ether oxygens (including phenoxy) is 1. The molecule has 3 heterocycles. The molecule has 2 aliphatic rings. The number of carbonyl (C=O) groups is 2. The maximum absolute atomic E-state index is 12.5. The van der Waals surface area contributed by atoms with E-state index >= 15 is 0 Å². The quantitative estimate of drug-likeness (QED) is 0.490. The van der Waals surface area contributed by atoms with Crippen molar-refractivity contribution in [1.29, 1.82) is 0 Å². The molecule has 2 aromatic carbocycles. The molecule has 1 aromatic heterocycles. The molecule has 0 radical (unpaired) electrons. The molecule has 1 N–H and O–H groups in total. The SMILES string of the molecule is CC1=CC(C)=N/C1=C(/c1ccc(OCCN2C(=O)c3ccccc3C2=O)cc1)c1[nH]c(C)cc1C. The van der Waals surface area contributed by atoms with Crippen molar-refractivity contribution >= 4 is 23.1 Å². The Morgan fingerprint density at radius 2 is 1.60 bits per heavy atom. The molecule has 0 fully saturated rings. The van der Waals surface area contributed by atoms with Crippen LogP contribution in [0.15, 0.2) is 76.9 Å². The Bertz CT molecular complexity index is 1400. The maximum atomic E-state index is 12.5. The minimum Gasteiger partial charge on any atom is -0.492 e. The molecule has 6 heteroatoms. The van der Waals surface area contributed by atoms with Crippen molar-refractivity contribution in [3.63, 3.8) is 0 Å². The average Bonchev–Trinajstić information content (AvgIpc) is 3.43. The van der Waals surface area contributed by atoms with Gasteiger partial charge in [0.2, 0.25) is 0 Å². The van der Waals surface area contributed by atoms with Gasteiger partial charge < -0.3 is 9.72 Å². The Kier molecular flexibility index (Phi) is 5.73. The molecular weight excluding hydrogens is 438 g/mol. The number of carbonyl (C=O) groups excluding carboxylic acids is 2. The Balaban J connectivity index is 1.34. The van der Waals surface area contributed by atoms with Gasteiger partial charge in [0, 0.05) is 17.0 Å². The third kappa shape index (κ3) is 4.12. The van der Waals surface area contributed by atoms with Crippen LogP contribution in [0.4, 0.5) is 0 Å². The number of nitrogens with zero attached hydrogens (tertiary/aromatic N) is 2. The second-order valence-electron chi connectivity index (χ2n) is 8.99. The van der Waals surface area contributed by atoms with Gasteiger partial charge in [0.15, 0.2) is 0 Å². The number of benzene rings is 2. The van der Waals surface area contributed by atoms with Gasteiger partial charge in [-0.3, -0.25) is 19.5 Å². The fourth-order valence-electron chi connectivity index (χ4n) is 4.73. The molecular formula is C29H27N3O3. The molecule has 5 rings (SSSR count). The van der Waals surface area contributed by atoms with Gasteiger partial charge in [0.25, 0.3) is 11.8 Å². The molecule has 0 saturated heterocycles. The number of rotatable bonds is 6. The first-order valence-corrected chi connectivity index (χ1v) is 11.7. The zero-order chi connectivity index (χ0) is 24.7. The summed E-state index contributed by atoms with van der Waals surface area (Å²) in [6.45, 7) is 8.65. The summed E-state index contributed by atoms with van der Waals surface area (Å²) in [5, 5.41) is 0. The molecule has 3 aromatic rings. The molecule has 0 spiro atoms. The number of aryl methyl sites for hydroxylation is 2. The Labute approximate surface area is 204 Å². The largest absolute Gasteiger partial charge is 0.492 e. The normalized spacial score (nSPS) is 16.4. The van der Waals surface area contributed by atoms with E-state index in [4.69, 9.17) is 9.73 Å². The van der Waals surface area contributed by atoms with Gasteiger partial charge >= 0.3 is 0 Å². The molecule has 176 valence electrons. The lowest BCUT2D eigenvalue weighted by molar-refractivity contribution is 0.0631. The fourth-order valence-corrected chi connectivity index (χ4v) is 4.73. The van der Waals surface area contributed by atoms with Crippen LogP contribution in [0, 0.1) is 13.8 Å². The summed E-state index contributed by atoms with van der Waals surface area (Å²) < 4.78 is 5.89. The van der Waals surface area contributed by atoms with E-state index in [1.165, 1.54) is 10.5 Å². The number of fused-ring (bicyclic) bond motifs is 1. The first kappa shape index (κ1) is 22.6. The molecule has 0 unspecified atom stereocenters. The lowest BCUT2D eigenvalue weighted by Gasteiger charge is -2.15. The Morgan fingerprint density at radius 1 is 0.943 bits per heavy atom. The van der Waals surface area contributed by atoms with Crippen molar-refractivity contribution in [3.8, 4) is 5.75 Å². The number of imide groups is 1. The van der Waals surface area contributed by atoms with Crippen LogP contribution in [0.5, 0.6) is 5.75 Å². The Morgan fingerprint density at radius 3 is 2.14 bits per heavy atom. The number of aromatic amines is 1. The van der Waals surface area contributed by atoms with Crippen molar-refractivity contribution in [2.75, 3.05) is 13.2 Å². The zero-order valence-corrected chi connectivity index (χ0v) is 20.3. The van der Waals surface area contributed by atoms with Crippen LogP contribution in [0.3, 0.4) is 0 Å². The predicted octanol–water partition coefficient (Wildman–Crippen LogP) is 5.49. The first-order chi connectivity index (χ1) is 16.8. The number of hydrogen-bond acceptors (Lipinski definition) is 4. The summed E-state index contributed by atoms with van der Waals surface area (Å²) >= 11 is 0. The smallest absolute Gasteiger partial charge is 0.261 e. The summed E-state index contributed by atoms with van der Waals surface area (Å²) in [6.07, 6.45) is 2.09. The van der Waals surface area contributed by atoms with Gasteiger partial charge in [0.1, 0.15) is 12.4 Å². The van der Waals surface area contributed by atoms with Crippen LogP contribution in [-0.2, 0) is 0 Å². The number of H-pyrrole nitrogens is 1. The third-order valence-corrected chi connectivity index (χ3v) is 6.33. The van der Waals surface area contributed by atoms with E-state index in [2.05, 4.69) is 37.9 Å². The van der Waals surface area contributed by atoms with Crippen LogP contribution < -0.4 is 4.74 Å². The van der Waals surface area contributed by atoms with E-state index in [-0.39, 0.29) is 25.0 Å². The van der Waals surface area contributed by atoms with Crippen LogP contribution in [0.1, 0.15) is 57.1 Å². The number of hydrogen-bond donors (Lipinski definition) is 1. The molecule has 2 aliphatic heterocycles. The summed E-state index contributed by atoms with van der Waals surface area (Å²) in [6, 6.07) is 16.9. The highest BCUT2D eigenvalue weighted by molar-refractivity contribution is 6.21. The van der Waals surface area contributed by atoms with Crippen molar-refractivity contribution in [2.45, 2.75) is 27.7 Å². The third-order valence-electron chi connectivity index (χ3n) is 6.33. The number of allylic oxidation sites excluding steroid dienone is 2. The average molecular weight is 466 g/mol. The van der Waals surface area contributed by atoms with Crippen molar-refractivity contribution < 1.29 is 14.3 Å². The van der Waals surface area contributed by atoms with E-state index < -0.39 is 0 Å². The van der Waals surface area contributed by atoms with Crippen molar-refractivity contribution in [3.05, 3.63) is 106 Å². The maximum Gasteiger partial charge on any atom is 0.261 e. The molecule has 0 bridgehead atoms. The van der Waals surface area contributed by atoms with E-state index in [1.54, 1.807) is 24.3 Å². The van der Waals surface area contributed by atoms with E-state index in [0.717, 1.165) is 39.5 Å². The number of aliphatic imine (C=N–C) groups is 1. The lowest BCUT2D eigenvalue weighted by Crippen LogP contribution is -2.33. The minimum absolute atomic E-state index is 0.197. The summed E-state index contributed by atoms with van der Waals surface area (Å²) in [5.41, 5.74) is 9.40. The summed E-state index contributed by atoms with van der Waals surface area (Å²) in [4.78, 5) is 34.6.